The van der Waals surface area contributed by atoms with E-state index in [2.05, 4.69) is 28.9 Å². The fraction of sp³-hybridized carbons (Fsp3) is 0.588. The zero-order valence-corrected chi connectivity index (χ0v) is 15.1. The Morgan fingerprint density at radius 2 is 2.18 bits per heavy atom. The van der Waals surface area contributed by atoms with E-state index in [-0.39, 0.29) is 17.6 Å². The van der Waals surface area contributed by atoms with Crippen molar-refractivity contribution in [2.24, 2.45) is 0 Å². The topological polar surface area (TPSA) is 38.8 Å². The van der Waals surface area contributed by atoms with Gasteiger partial charge in [-0.15, -0.1) is 0 Å². The minimum Gasteiger partial charge on any atom is -0.444 e. The van der Waals surface area contributed by atoms with E-state index < -0.39 is 5.60 Å². The molecule has 1 saturated heterocycles. The minimum atomic E-state index is -0.479. The van der Waals surface area contributed by atoms with Crippen LogP contribution in [0.25, 0.3) is 0 Å². The lowest BCUT2D eigenvalue weighted by atomic mass is 9.82. The summed E-state index contributed by atoms with van der Waals surface area (Å²) in [5.74, 6) is 0.182. The van der Waals surface area contributed by atoms with Crippen molar-refractivity contribution in [1.82, 2.24) is 4.90 Å². The lowest BCUT2D eigenvalue weighted by Crippen LogP contribution is -2.41. The van der Waals surface area contributed by atoms with Gasteiger partial charge in [0.2, 0.25) is 0 Å². The first-order valence-electron chi connectivity index (χ1n) is 7.59. The summed E-state index contributed by atoms with van der Waals surface area (Å²) in [5.41, 5.74) is 1.64. The molecule has 1 fully saturated rings. The van der Waals surface area contributed by atoms with Gasteiger partial charge in [0.1, 0.15) is 5.60 Å². The van der Waals surface area contributed by atoms with Crippen molar-refractivity contribution in [1.29, 1.82) is 0 Å². The Kier molecular flexibility index (Phi) is 3.76. The molecular weight excluding hydrogens is 346 g/mol. The van der Waals surface area contributed by atoms with Gasteiger partial charge in [0, 0.05) is 16.9 Å². The number of carbonyl (C=O) groups excluding carboxylic acids is 1. The quantitative estimate of drug-likeness (QED) is 0.693. The minimum absolute atomic E-state index is 0.182. The van der Waals surface area contributed by atoms with Gasteiger partial charge in [-0.2, -0.15) is 0 Å². The van der Waals surface area contributed by atoms with Crippen LogP contribution in [0.15, 0.2) is 22.7 Å². The zero-order valence-electron chi connectivity index (χ0n) is 13.5. The van der Waals surface area contributed by atoms with E-state index in [1.54, 1.807) is 4.90 Å². The number of nitrogens with zero attached hydrogens (tertiary/aromatic N) is 1. The molecule has 0 aliphatic carbocycles. The average molecular weight is 368 g/mol. The van der Waals surface area contributed by atoms with E-state index in [4.69, 9.17) is 9.47 Å². The second-order valence-electron chi connectivity index (χ2n) is 7.32. The van der Waals surface area contributed by atoms with Crippen molar-refractivity contribution >= 4 is 22.0 Å². The first-order valence-corrected chi connectivity index (χ1v) is 8.38. The fourth-order valence-corrected chi connectivity index (χ4v) is 3.79. The number of amides is 1. The summed E-state index contributed by atoms with van der Waals surface area (Å²) in [4.78, 5) is 14.1. The van der Waals surface area contributed by atoms with Gasteiger partial charge < -0.3 is 14.4 Å². The molecule has 22 heavy (non-hydrogen) atoms. The Bertz CT molecular complexity index is 610. The summed E-state index contributed by atoms with van der Waals surface area (Å²) in [6, 6.07) is 6.22. The Balaban J connectivity index is 1.86. The lowest BCUT2D eigenvalue weighted by molar-refractivity contribution is -0.0577. The van der Waals surface area contributed by atoms with E-state index in [9.17, 15) is 4.79 Å². The highest BCUT2D eigenvalue weighted by atomic mass is 79.9. The summed E-state index contributed by atoms with van der Waals surface area (Å²) in [6.07, 6.45) is -0.261. The van der Waals surface area contributed by atoms with Crippen LogP contribution in [-0.4, -0.2) is 35.3 Å². The Morgan fingerprint density at radius 3 is 2.86 bits per heavy atom. The summed E-state index contributed by atoms with van der Waals surface area (Å²) in [5, 5.41) is 0. The Labute approximate surface area is 139 Å². The number of fused-ring (bicyclic) bond motifs is 3. The predicted molar refractivity (Wildman–Crippen MR) is 87.9 cm³/mol. The lowest BCUT2D eigenvalue weighted by Gasteiger charge is -2.37. The number of ether oxygens (including phenoxy) is 2. The third-order valence-electron chi connectivity index (χ3n) is 4.37. The molecule has 0 unspecified atom stereocenters. The number of rotatable bonds is 0. The van der Waals surface area contributed by atoms with Crippen LogP contribution in [0.1, 0.15) is 44.7 Å². The number of hydrogen-bond donors (Lipinski definition) is 0. The van der Waals surface area contributed by atoms with Crippen LogP contribution >= 0.6 is 15.9 Å². The van der Waals surface area contributed by atoms with Crippen molar-refractivity contribution in [3.05, 3.63) is 33.8 Å². The highest BCUT2D eigenvalue weighted by Crippen LogP contribution is 2.45. The van der Waals surface area contributed by atoms with Gasteiger partial charge in [-0.3, -0.25) is 0 Å². The number of benzene rings is 1. The van der Waals surface area contributed by atoms with Crippen molar-refractivity contribution in [2.45, 2.75) is 51.4 Å². The Morgan fingerprint density at radius 1 is 1.45 bits per heavy atom. The fourth-order valence-electron chi connectivity index (χ4n) is 3.30. The van der Waals surface area contributed by atoms with E-state index >= 15 is 0 Å². The van der Waals surface area contributed by atoms with Gasteiger partial charge >= 0.3 is 6.09 Å². The summed E-state index contributed by atoms with van der Waals surface area (Å²) in [7, 11) is 0. The van der Waals surface area contributed by atoms with Gasteiger partial charge in [-0.1, -0.05) is 28.1 Å². The largest absolute Gasteiger partial charge is 0.444 e. The predicted octanol–water partition coefficient (Wildman–Crippen LogP) is 4.07. The SMILES string of the molecule is CC(C)(C)OC(=O)N1C[C@H]2c3cccc(Br)c3CO[C@@]2(C)C1. The van der Waals surface area contributed by atoms with Gasteiger partial charge in [0.15, 0.2) is 0 Å². The maximum Gasteiger partial charge on any atom is 0.410 e. The van der Waals surface area contributed by atoms with Crippen molar-refractivity contribution in [3.63, 3.8) is 0 Å². The average Bonchev–Trinajstić information content (AvgIpc) is 2.75. The van der Waals surface area contributed by atoms with Crippen LogP contribution < -0.4 is 0 Å². The van der Waals surface area contributed by atoms with Crippen LogP contribution in [0.2, 0.25) is 0 Å². The number of likely N-dealkylation sites (tertiary alicyclic amines) is 1. The Hall–Kier alpha value is -1.07. The molecule has 2 aliphatic rings. The molecule has 0 bridgehead atoms. The standard InChI is InChI=1S/C17H22BrNO3/c1-16(2,3)22-15(20)19-8-13-11-6-5-7-14(18)12(11)9-21-17(13,4)10-19/h5-7,13H,8-10H2,1-4H3/t13-,17-/m0/s1. The zero-order chi connectivity index (χ0) is 16.1. The third kappa shape index (κ3) is 2.76. The van der Waals surface area contributed by atoms with Crippen LogP contribution in [-0.2, 0) is 16.1 Å². The third-order valence-corrected chi connectivity index (χ3v) is 5.12. The summed E-state index contributed by atoms with van der Waals surface area (Å²) < 4.78 is 12.7. The smallest absolute Gasteiger partial charge is 0.410 e. The van der Waals surface area contributed by atoms with Gasteiger partial charge in [-0.25, -0.2) is 4.79 Å². The second-order valence-corrected chi connectivity index (χ2v) is 8.18. The highest BCUT2D eigenvalue weighted by molar-refractivity contribution is 9.10. The van der Waals surface area contributed by atoms with Crippen LogP contribution in [0.5, 0.6) is 0 Å². The molecule has 1 aromatic rings. The molecule has 5 heteroatoms. The van der Waals surface area contributed by atoms with Crippen molar-refractivity contribution in [3.8, 4) is 0 Å². The number of hydrogen-bond acceptors (Lipinski definition) is 3. The first-order chi connectivity index (χ1) is 10.2. The maximum absolute atomic E-state index is 12.4. The van der Waals surface area contributed by atoms with Gasteiger partial charge in [0.25, 0.3) is 0 Å². The molecular formula is C17H22BrNO3. The summed E-state index contributed by atoms with van der Waals surface area (Å²) in [6.45, 7) is 9.53. The molecule has 0 aromatic heterocycles. The van der Waals surface area contributed by atoms with E-state index in [1.807, 2.05) is 32.9 Å². The molecule has 2 atom stereocenters. The van der Waals surface area contributed by atoms with Crippen LogP contribution in [0, 0.1) is 0 Å². The molecule has 2 heterocycles. The van der Waals surface area contributed by atoms with E-state index in [0.29, 0.717) is 19.7 Å². The molecule has 0 saturated carbocycles. The highest BCUT2D eigenvalue weighted by Gasteiger charge is 2.50. The molecule has 3 rings (SSSR count). The molecule has 1 aromatic carbocycles. The second kappa shape index (κ2) is 5.24. The normalized spacial score (nSPS) is 27.3. The molecule has 4 nitrogen and oxygen atoms in total. The monoisotopic (exact) mass is 367 g/mol. The molecule has 120 valence electrons. The number of carbonyl (C=O) groups is 1. The molecule has 0 radical (unpaired) electrons. The van der Waals surface area contributed by atoms with Crippen molar-refractivity contribution in [2.75, 3.05) is 13.1 Å². The number of halogens is 1. The maximum atomic E-state index is 12.4. The van der Waals surface area contributed by atoms with Crippen LogP contribution in [0.4, 0.5) is 4.79 Å². The molecule has 0 N–H and O–H groups in total. The van der Waals surface area contributed by atoms with Gasteiger partial charge in [0.05, 0.1) is 18.8 Å². The van der Waals surface area contributed by atoms with Crippen molar-refractivity contribution < 1.29 is 14.3 Å². The molecule has 0 spiro atoms. The van der Waals surface area contributed by atoms with E-state index in [0.717, 1.165) is 4.47 Å². The van der Waals surface area contributed by atoms with Crippen LogP contribution in [0.3, 0.4) is 0 Å². The molecule has 2 aliphatic heterocycles. The summed E-state index contributed by atoms with van der Waals surface area (Å²) >= 11 is 3.60. The molecule has 1 amide bonds. The van der Waals surface area contributed by atoms with E-state index in [1.165, 1.54) is 11.1 Å². The first kappa shape index (κ1) is 15.8. The van der Waals surface area contributed by atoms with Gasteiger partial charge in [-0.05, 0) is 44.9 Å².